The molecule has 1 aromatic rings. The van der Waals surface area contributed by atoms with Crippen molar-refractivity contribution in [3.8, 4) is 0 Å². The van der Waals surface area contributed by atoms with E-state index < -0.39 is 29.1 Å². The lowest BCUT2D eigenvalue weighted by Crippen LogP contribution is -2.50. The number of nitrogens with one attached hydrogen (secondary N) is 2. The van der Waals surface area contributed by atoms with E-state index >= 15 is 0 Å². The number of allylic oxidation sites excluding steroid dienone is 4. The Kier molecular flexibility index (Phi) is 4.99. The van der Waals surface area contributed by atoms with Crippen LogP contribution in [-0.4, -0.2) is 17.7 Å². The fourth-order valence-corrected chi connectivity index (χ4v) is 6.61. The lowest BCUT2D eigenvalue weighted by molar-refractivity contribution is -0.126. The second kappa shape index (κ2) is 7.70. The Morgan fingerprint density at radius 1 is 0.935 bits per heavy atom. The summed E-state index contributed by atoms with van der Waals surface area (Å²) in [6, 6.07) is 2.00. The molecule has 0 spiro atoms. The van der Waals surface area contributed by atoms with Crippen LogP contribution >= 0.6 is 0 Å². The number of hydrogen-bond acceptors (Lipinski definition) is 3. The van der Waals surface area contributed by atoms with Gasteiger partial charge in [0.2, 0.25) is 0 Å². The predicted molar refractivity (Wildman–Crippen MR) is 109 cm³/mol. The maximum Gasteiger partial charge on any atom is 0.326 e. The van der Waals surface area contributed by atoms with Gasteiger partial charge in [-0.3, -0.25) is 14.9 Å². The zero-order valence-corrected chi connectivity index (χ0v) is 16.9. The molecule has 0 heterocycles. The summed E-state index contributed by atoms with van der Waals surface area (Å²) in [4.78, 5) is 37.6. The minimum atomic E-state index is -1.20. The van der Waals surface area contributed by atoms with Crippen molar-refractivity contribution in [3.05, 3.63) is 59.3 Å². The highest BCUT2D eigenvalue weighted by Gasteiger charge is 2.51. The first-order valence-corrected chi connectivity index (χ1v) is 10.9. The van der Waals surface area contributed by atoms with Gasteiger partial charge in [0.05, 0.1) is 5.70 Å². The number of Topliss-reactive ketones (excluding diaryl/α,β-unsaturated/α-hetero) is 1. The third kappa shape index (κ3) is 3.60. The molecule has 162 valence electrons. The minimum Gasteiger partial charge on any atom is -0.304 e. The summed E-state index contributed by atoms with van der Waals surface area (Å²) in [6.45, 7) is 0. The van der Waals surface area contributed by atoms with Gasteiger partial charge in [0.1, 0.15) is 17.2 Å². The first kappa shape index (κ1) is 20.1. The number of carbonyl (C=O) groups is 3. The highest BCUT2D eigenvalue weighted by atomic mass is 19.1. The van der Waals surface area contributed by atoms with E-state index in [1.807, 2.05) is 11.4 Å². The van der Waals surface area contributed by atoms with E-state index in [0.29, 0.717) is 17.8 Å². The van der Waals surface area contributed by atoms with Crippen molar-refractivity contribution in [2.45, 2.75) is 32.1 Å². The van der Waals surface area contributed by atoms with Gasteiger partial charge in [0, 0.05) is 5.92 Å². The standard InChI is InChI=1S/C24H24F2N2O3/c25-17-4-2-5-18(26)21(17)23(30)28-24(31)27-19-6-1-3-16(22(19)29)20-14-8-12-7-13(10-14)11-15(20)9-12/h1-6,12-16,20H,7-11H2,(H2,27,28,30,31). The molecular formula is C24H24F2N2O3. The number of halogens is 2. The minimum absolute atomic E-state index is 0.0978. The molecule has 1 unspecified atom stereocenters. The molecule has 1 aromatic carbocycles. The highest BCUT2D eigenvalue weighted by Crippen LogP contribution is 2.58. The van der Waals surface area contributed by atoms with E-state index in [-0.39, 0.29) is 17.4 Å². The smallest absolute Gasteiger partial charge is 0.304 e. The zero-order valence-electron chi connectivity index (χ0n) is 16.9. The quantitative estimate of drug-likeness (QED) is 0.764. The molecule has 7 heteroatoms. The SMILES string of the molecule is O=C(NC(=O)c1c(F)cccc1F)NC1=CC=CC(C2C3CC4CC(C3)CC2C4)C1=O. The van der Waals surface area contributed by atoms with Crippen LogP contribution < -0.4 is 10.6 Å². The first-order chi connectivity index (χ1) is 14.9. The van der Waals surface area contributed by atoms with Crippen molar-refractivity contribution < 1.29 is 23.2 Å². The molecule has 6 rings (SSSR count). The Morgan fingerprint density at radius 2 is 1.55 bits per heavy atom. The van der Waals surface area contributed by atoms with Crippen LogP contribution in [0.1, 0.15) is 42.5 Å². The van der Waals surface area contributed by atoms with Gasteiger partial charge in [0.15, 0.2) is 5.78 Å². The molecule has 2 N–H and O–H groups in total. The summed E-state index contributed by atoms with van der Waals surface area (Å²) in [6.07, 6.45) is 11.3. The normalized spacial score (nSPS) is 33.2. The molecule has 5 aliphatic carbocycles. The van der Waals surface area contributed by atoms with Crippen LogP contribution in [0.3, 0.4) is 0 Å². The van der Waals surface area contributed by atoms with Gasteiger partial charge in [-0.1, -0.05) is 18.2 Å². The molecule has 5 aliphatic rings. The number of hydrogen-bond donors (Lipinski definition) is 2. The van der Waals surface area contributed by atoms with E-state index in [2.05, 4.69) is 5.32 Å². The van der Waals surface area contributed by atoms with Crippen molar-refractivity contribution in [1.29, 1.82) is 0 Å². The van der Waals surface area contributed by atoms with Gasteiger partial charge in [-0.05, 0) is 79.9 Å². The Bertz CT molecular complexity index is 968. The molecule has 31 heavy (non-hydrogen) atoms. The molecule has 4 bridgehead atoms. The lowest BCUT2D eigenvalue weighted by Gasteiger charge is -2.56. The predicted octanol–water partition coefficient (Wildman–Crippen LogP) is 4.12. The van der Waals surface area contributed by atoms with Gasteiger partial charge in [-0.2, -0.15) is 0 Å². The van der Waals surface area contributed by atoms with Crippen LogP contribution in [0, 0.1) is 47.1 Å². The molecule has 4 fully saturated rings. The lowest BCUT2D eigenvalue weighted by atomic mass is 9.49. The molecule has 1 atom stereocenters. The second-order valence-corrected chi connectivity index (χ2v) is 9.37. The summed E-state index contributed by atoms with van der Waals surface area (Å²) >= 11 is 0. The van der Waals surface area contributed by atoms with Crippen LogP contribution in [0.4, 0.5) is 13.6 Å². The van der Waals surface area contributed by atoms with E-state index in [1.54, 1.807) is 6.08 Å². The Morgan fingerprint density at radius 3 is 2.16 bits per heavy atom. The van der Waals surface area contributed by atoms with Crippen LogP contribution in [-0.2, 0) is 4.79 Å². The van der Waals surface area contributed by atoms with Gasteiger partial charge in [0.25, 0.3) is 5.91 Å². The number of rotatable bonds is 3. The average molecular weight is 426 g/mol. The molecule has 0 aliphatic heterocycles. The largest absolute Gasteiger partial charge is 0.326 e. The van der Waals surface area contributed by atoms with E-state index in [4.69, 9.17) is 0 Å². The van der Waals surface area contributed by atoms with Gasteiger partial charge in [-0.15, -0.1) is 0 Å². The number of amides is 3. The molecule has 3 amide bonds. The van der Waals surface area contributed by atoms with E-state index in [9.17, 15) is 23.2 Å². The Balaban J connectivity index is 1.26. The van der Waals surface area contributed by atoms with Crippen LogP contribution in [0.15, 0.2) is 42.1 Å². The third-order valence-electron chi connectivity index (χ3n) is 7.53. The number of imide groups is 1. The Labute approximate surface area is 179 Å². The van der Waals surface area contributed by atoms with E-state index in [0.717, 1.165) is 30.0 Å². The van der Waals surface area contributed by atoms with Crippen molar-refractivity contribution in [2.24, 2.45) is 35.5 Å². The summed E-state index contributed by atoms with van der Waals surface area (Å²) in [7, 11) is 0. The number of ketones is 1. The average Bonchev–Trinajstić information content (AvgIpc) is 2.69. The fraction of sp³-hybridized carbons (Fsp3) is 0.458. The van der Waals surface area contributed by atoms with Crippen molar-refractivity contribution >= 4 is 17.7 Å². The van der Waals surface area contributed by atoms with Gasteiger partial charge in [-0.25, -0.2) is 13.6 Å². The highest BCUT2D eigenvalue weighted by molar-refractivity contribution is 6.08. The van der Waals surface area contributed by atoms with Crippen LogP contribution in [0.2, 0.25) is 0 Å². The molecule has 5 nitrogen and oxygen atoms in total. The van der Waals surface area contributed by atoms with Crippen molar-refractivity contribution in [2.75, 3.05) is 0 Å². The number of urea groups is 1. The Hall–Kier alpha value is -2.83. The summed E-state index contributed by atoms with van der Waals surface area (Å²) in [5, 5.41) is 4.31. The van der Waals surface area contributed by atoms with Gasteiger partial charge >= 0.3 is 6.03 Å². The molecule has 0 aromatic heterocycles. The number of benzene rings is 1. The topological polar surface area (TPSA) is 75.3 Å². The second-order valence-electron chi connectivity index (χ2n) is 9.37. The fourth-order valence-electron chi connectivity index (χ4n) is 6.61. The zero-order chi connectivity index (χ0) is 21.7. The molecule has 0 radical (unpaired) electrons. The maximum absolute atomic E-state index is 13.8. The maximum atomic E-state index is 13.8. The van der Waals surface area contributed by atoms with Gasteiger partial charge < -0.3 is 5.32 Å². The monoisotopic (exact) mass is 426 g/mol. The number of carbonyl (C=O) groups excluding carboxylic acids is 3. The van der Waals surface area contributed by atoms with Crippen molar-refractivity contribution in [3.63, 3.8) is 0 Å². The third-order valence-corrected chi connectivity index (χ3v) is 7.53. The summed E-state index contributed by atoms with van der Waals surface area (Å²) in [5.41, 5.74) is -0.742. The molecule has 0 saturated heterocycles. The molecular weight excluding hydrogens is 402 g/mol. The van der Waals surface area contributed by atoms with Crippen LogP contribution in [0.5, 0.6) is 0 Å². The van der Waals surface area contributed by atoms with Crippen molar-refractivity contribution in [1.82, 2.24) is 10.6 Å². The summed E-state index contributed by atoms with van der Waals surface area (Å²) in [5.74, 6) is -0.803. The van der Waals surface area contributed by atoms with E-state index in [1.165, 1.54) is 38.2 Å². The molecule has 4 saturated carbocycles. The summed E-state index contributed by atoms with van der Waals surface area (Å²) < 4.78 is 27.5. The van der Waals surface area contributed by atoms with Crippen LogP contribution in [0.25, 0.3) is 0 Å². The first-order valence-electron chi connectivity index (χ1n) is 10.9.